The number of ether oxygens (including phenoxy) is 1. The van der Waals surface area contributed by atoms with Gasteiger partial charge in [0.15, 0.2) is 5.79 Å². The molecule has 8 atom stereocenters. The first-order valence-electron chi connectivity index (χ1n) is 9.99. The van der Waals surface area contributed by atoms with E-state index >= 15 is 0 Å². The molecule has 6 nitrogen and oxygen atoms in total. The topological polar surface area (TPSA) is 77.0 Å². The van der Waals surface area contributed by atoms with E-state index in [2.05, 4.69) is 13.8 Å². The predicted molar refractivity (Wildman–Crippen MR) is 97.4 cm³/mol. The molecule has 5 rings (SSSR count). The fraction of sp³-hybridized carbons (Fsp3) is 0.947. The molecule has 5 aliphatic rings. The van der Waals surface area contributed by atoms with Crippen LogP contribution in [0.3, 0.4) is 0 Å². The number of hydrogen-bond donors (Lipinski definition) is 2. The first-order chi connectivity index (χ1) is 12.4. The quantitative estimate of drug-likeness (QED) is 0.439. The second-order valence-corrected chi connectivity index (χ2v) is 10.2. The zero-order valence-corrected chi connectivity index (χ0v) is 16.7. The summed E-state index contributed by atoms with van der Waals surface area (Å²) in [7, 11) is 0. The molecule has 5 fully saturated rings. The number of rotatable bonds is 4. The van der Waals surface area contributed by atoms with Crippen molar-refractivity contribution in [3.63, 3.8) is 0 Å². The maximum Gasteiger partial charge on any atom is 0.244 e. The number of carbonyl (C=O) groups is 1. The first kappa shape index (κ1) is 19.0. The molecule has 7 heteroatoms. The number of thioether (sulfide) groups is 1. The molecule has 1 amide bonds. The average molecular weight is 386 g/mol. The minimum Gasteiger partial charge on any atom is -0.341 e. The highest BCUT2D eigenvalue weighted by atomic mass is 32.2. The van der Waals surface area contributed by atoms with Crippen LogP contribution in [-0.4, -0.2) is 39.6 Å². The van der Waals surface area contributed by atoms with E-state index in [1.54, 1.807) is 5.48 Å². The zero-order chi connectivity index (χ0) is 18.5. The second-order valence-electron chi connectivity index (χ2n) is 8.86. The van der Waals surface area contributed by atoms with Gasteiger partial charge in [0.05, 0.1) is 6.10 Å². The van der Waals surface area contributed by atoms with E-state index in [0.717, 1.165) is 25.7 Å². The van der Waals surface area contributed by atoms with Gasteiger partial charge in [0.25, 0.3) is 0 Å². The van der Waals surface area contributed by atoms with Crippen molar-refractivity contribution in [2.24, 2.45) is 23.7 Å². The van der Waals surface area contributed by atoms with E-state index < -0.39 is 5.79 Å². The van der Waals surface area contributed by atoms with Crippen molar-refractivity contribution in [2.45, 2.75) is 82.0 Å². The van der Waals surface area contributed by atoms with Crippen molar-refractivity contribution < 1.29 is 24.5 Å². The first-order valence-corrected chi connectivity index (χ1v) is 11.0. The summed E-state index contributed by atoms with van der Waals surface area (Å²) in [4.78, 5) is 23.4. The Kier molecular flexibility index (Phi) is 5.06. The van der Waals surface area contributed by atoms with Gasteiger partial charge in [-0.05, 0) is 56.3 Å². The fourth-order valence-corrected chi connectivity index (χ4v) is 7.42. The van der Waals surface area contributed by atoms with Crippen molar-refractivity contribution in [1.29, 1.82) is 0 Å². The van der Waals surface area contributed by atoms with Gasteiger partial charge in [0, 0.05) is 23.8 Å². The lowest BCUT2D eigenvalue weighted by Gasteiger charge is -2.61. The Bertz CT molecular complexity index is 562. The fourth-order valence-electron chi connectivity index (χ4n) is 6.01. The Morgan fingerprint density at radius 2 is 2.04 bits per heavy atom. The molecule has 3 saturated heterocycles. The average Bonchev–Trinajstić information content (AvgIpc) is 2.85. The Balaban J connectivity index is 1.57. The Morgan fingerprint density at radius 3 is 2.81 bits per heavy atom. The van der Waals surface area contributed by atoms with Gasteiger partial charge < -0.3 is 4.74 Å². The molecule has 0 aromatic carbocycles. The van der Waals surface area contributed by atoms with E-state index in [4.69, 9.17) is 19.7 Å². The Hall–Kier alpha value is -0.340. The molecule has 2 aliphatic carbocycles. The van der Waals surface area contributed by atoms with Gasteiger partial charge in [-0.15, -0.1) is 0 Å². The monoisotopic (exact) mass is 385 g/mol. The largest absolute Gasteiger partial charge is 0.341 e. The molecule has 148 valence electrons. The lowest BCUT2D eigenvalue weighted by molar-refractivity contribution is -0.538. The number of fused-ring (bicyclic) bond motifs is 2. The summed E-state index contributed by atoms with van der Waals surface area (Å²) < 4.78 is 6.52. The van der Waals surface area contributed by atoms with Crippen LogP contribution in [0, 0.1) is 23.7 Å². The number of amides is 1. The van der Waals surface area contributed by atoms with Crippen molar-refractivity contribution in [2.75, 3.05) is 5.75 Å². The molecule has 1 unspecified atom stereocenters. The summed E-state index contributed by atoms with van der Waals surface area (Å²) in [5.41, 5.74) is 1.41. The predicted octanol–water partition coefficient (Wildman–Crippen LogP) is 3.28. The summed E-state index contributed by atoms with van der Waals surface area (Å²) in [5.74, 6) is 1.78. The molecule has 26 heavy (non-hydrogen) atoms. The molecule has 1 spiro atoms. The van der Waals surface area contributed by atoms with Crippen LogP contribution in [0.1, 0.15) is 59.3 Å². The van der Waals surface area contributed by atoms with Crippen molar-refractivity contribution in [1.82, 2.24) is 5.48 Å². The van der Waals surface area contributed by atoms with Gasteiger partial charge in [-0.1, -0.05) is 13.8 Å². The minimum atomic E-state index is -0.635. The van der Waals surface area contributed by atoms with Gasteiger partial charge in [0.2, 0.25) is 5.91 Å². The Morgan fingerprint density at radius 1 is 1.23 bits per heavy atom. The highest BCUT2D eigenvalue weighted by Gasteiger charge is 2.68. The van der Waals surface area contributed by atoms with Gasteiger partial charge in [-0.3, -0.25) is 10.0 Å². The molecule has 3 aliphatic heterocycles. The lowest BCUT2D eigenvalue weighted by atomic mass is 9.54. The van der Waals surface area contributed by atoms with Crippen LogP contribution in [0.2, 0.25) is 0 Å². The molecule has 2 N–H and O–H groups in total. The van der Waals surface area contributed by atoms with Gasteiger partial charge in [-0.2, -0.15) is 11.8 Å². The maximum atomic E-state index is 11.3. The molecule has 2 saturated carbocycles. The molecular formula is C19H31NO5S. The maximum absolute atomic E-state index is 11.3. The molecule has 3 heterocycles. The van der Waals surface area contributed by atoms with Crippen LogP contribution < -0.4 is 5.48 Å². The number of hydroxylamine groups is 1. The van der Waals surface area contributed by atoms with Crippen LogP contribution in [0.25, 0.3) is 0 Å². The summed E-state index contributed by atoms with van der Waals surface area (Å²) in [5, 5.41) is 9.12. The third kappa shape index (κ3) is 2.91. The lowest BCUT2D eigenvalue weighted by Crippen LogP contribution is -2.69. The van der Waals surface area contributed by atoms with E-state index in [0.29, 0.717) is 41.1 Å². The highest BCUT2D eigenvalue weighted by Crippen LogP contribution is 2.62. The molecule has 0 aromatic rings. The molecular weight excluding hydrogens is 354 g/mol. The van der Waals surface area contributed by atoms with Crippen LogP contribution in [0.5, 0.6) is 0 Å². The van der Waals surface area contributed by atoms with Gasteiger partial charge >= 0.3 is 0 Å². The standard InChI is InChI=1S/C19H31NO5S/c1-11-4-5-14-12(2)15(26-9-7-17(21)20-22)10-16-19(14)13(11)6-8-18(3,23-16)24-25-19/h11-16,22H,4-10H2,1-3H3,(H,20,21)/t11-,12-,13+,14+,15?,16+,18+,19-/m1/s1. The summed E-state index contributed by atoms with van der Waals surface area (Å²) in [6.45, 7) is 6.69. The molecule has 2 bridgehead atoms. The zero-order valence-electron chi connectivity index (χ0n) is 15.9. The minimum absolute atomic E-state index is 0.0573. The smallest absolute Gasteiger partial charge is 0.244 e. The van der Waals surface area contributed by atoms with Crippen molar-refractivity contribution >= 4 is 17.7 Å². The van der Waals surface area contributed by atoms with Gasteiger partial charge in [-0.25, -0.2) is 15.3 Å². The molecule has 0 aromatic heterocycles. The van der Waals surface area contributed by atoms with E-state index in [9.17, 15) is 4.79 Å². The molecule has 0 radical (unpaired) electrons. The summed E-state index contributed by atoms with van der Waals surface area (Å²) >= 11 is 1.83. The third-order valence-electron chi connectivity index (χ3n) is 7.40. The van der Waals surface area contributed by atoms with E-state index in [1.165, 1.54) is 6.42 Å². The van der Waals surface area contributed by atoms with Crippen LogP contribution in [-0.2, 0) is 19.3 Å². The second kappa shape index (κ2) is 6.92. The summed E-state index contributed by atoms with van der Waals surface area (Å²) in [6, 6.07) is 0. The highest BCUT2D eigenvalue weighted by molar-refractivity contribution is 7.99. The Labute approximate surface area is 159 Å². The van der Waals surface area contributed by atoms with Crippen molar-refractivity contribution in [3.8, 4) is 0 Å². The third-order valence-corrected chi connectivity index (χ3v) is 8.89. The van der Waals surface area contributed by atoms with Crippen LogP contribution in [0.4, 0.5) is 0 Å². The number of hydrogen-bond acceptors (Lipinski definition) is 6. The number of carbonyl (C=O) groups excluding carboxylic acids is 1. The van der Waals surface area contributed by atoms with Gasteiger partial charge in [0.1, 0.15) is 5.60 Å². The normalized spacial score (nSPS) is 50.0. The summed E-state index contributed by atoms with van der Waals surface area (Å²) in [6.07, 6.45) is 5.70. The van der Waals surface area contributed by atoms with Crippen molar-refractivity contribution in [3.05, 3.63) is 0 Å². The SMILES string of the molecule is C[C@@H]1CC[C@H]2[C@@H](C)C(SCCC(=O)NO)C[C@@H]3O[C@]4(C)CC[C@@H]1[C@]32OO4. The van der Waals surface area contributed by atoms with Crippen LogP contribution in [0.15, 0.2) is 0 Å². The van der Waals surface area contributed by atoms with Crippen LogP contribution >= 0.6 is 11.8 Å². The van der Waals surface area contributed by atoms with E-state index in [1.807, 2.05) is 18.7 Å². The number of nitrogens with one attached hydrogen (secondary N) is 1. The van der Waals surface area contributed by atoms with E-state index in [-0.39, 0.29) is 17.6 Å².